The summed E-state index contributed by atoms with van der Waals surface area (Å²) in [6, 6.07) is 7.01. The Morgan fingerprint density at radius 2 is 1.66 bits per heavy atom. The Labute approximate surface area is 186 Å². The maximum atomic E-state index is 12.9. The molecule has 0 saturated carbocycles. The molecule has 0 atom stereocenters. The number of sulfonamides is 1. The maximum Gasteiger partial charge on any atom is 0.490 e. The van der Waals surface area contributed by atoms with Crippen LogP contribution in [0.15, 0.2) is 29.2 Å². The Morgan fingerprint density at radius 3 is 2.06 bits per heavy atom. The van der Waals surface area contributed by atoms with E-state index >= 15 is 0 Å². The third-order valence-electron chi connectivity index (χ3n) is 4.58. The molecule has 182 valence electrons. The normalized spacial score (nSPS) is 14.8. The van der Waals surface area contributed by atoms with Crippen molar-refractivity contribution >= 4 is 21.9 Å². The summed E-state index contributed by atoms with van der Waals surface area (Å²) in [5, 5.41) is 10.3. The number of rotatable bonds is 7. The van der Waals surface area contributed by atoms with Crippen LogP contribution in [0.5, 0.6) is 0 Å². The summed E-state index contributed by atoms with van der Waals surface area (Å²) < 4.78 is 58.7. The van der Waals surface area contributed by atoms with Crippen molar-refractivity contribution in [2.75, 3.05) is 39.3 Å². The summed E-state index contributed by atoms with van der Waals surface area (Å²) in [5.74, 6) is -2.37. The molecule has 0 spiro atoms. The first-order chi connectivity index (χ1) is 14.8. The monoisotopic (exact) mass is 481 g/mol. The molecule has 1 amide bonds. The zero-order valence-electron chi connectivity index (χ0n) is 18.4. The van der Waals surface area contributed by atoms with Gasteiger partial charge in [0.05, 0.1) is 11.4 Å². The Hall–Kier alpha value is -2.18. The highest BCUT2D eigenvalue weighted by atomic mass is 32.2. The van der Waals surface area contributed by atoms with Gasteiger partial charge in [-0.2, -0.15) is 17.5 Å². The van der Waals surface area contributed by atoms with Gasteiger partial charge in [0.15, 0.2) is 0 Å². The van der Waals surface area contributed by atoms with Crippen molar-refractivity contribution in [1.29, 1.82) is 0 Å². The number of carboxylic acid groups (broad SMARTS) is 1. The first-order valence-corrected chi connectivity index (χ1v) is 11.6. The van der Waals surface area contributed by atoms with Crippen LogP contribution in [0.25, 0.3) is 0 Å². The summed E-state index contributed by atoms with van der Waals surface area (Å²) in [7, 11) is -3.66. The van der Waals surface area contributed by atoms with Gasteiger partial charge in [-0.3, -0.25) is 4.79 Å². The van der Waals surface area contributed by atoms with E-state index in [0.29, 0.717) is 19.0 Å². The van der Waals surface area contributed by atoms with Gasteiger partial charge in [0.25, 0.3) is 0 Å². The molecule has 1 aliphatic rings. The molecule has 1 heterocycles. The summed E-state index contributed by atoms with van der Waals surface area (Å²) in [6.07, 6.45) is -4.17. The zero-order valence-corrected chi connectivity index (χ0v) is 19.2. The summed E-state index contributed by atoms with van der Waals surface area (Å²) >= 11 is 0. The second-order valence-electron chi connectivity index (χ2n) is 7.61. The lowest BCUT2D eigenvalue weighted by Crippen LogP contribution is -2.50. The average molecular weight is 482 g/mol. The average Bonchev–Trinajstić information content (AvgIpc) is 2.72. The first kappa shape index (κ1) is 27.9. The molecule has 12 heteroatoms. The molecular weight excluding hydrogens is 451 g/mol. The van der Waals surface area contributed by atoms with Gasteiger partial charge in [0.1, 0.15) is 0 Å². The Balaban J connectivity index is 0.000000633. The number of nitrogens with zero attached hydrogens (tertiary/aromatic N) is 2. The lowest BCUT2D eigenvalue weighted by molar-refractivity contribution is -0.192. The van der Waals surface area contributed by atoms with Gasteiger partial charge in [0, 0.05) is 32.7 Å². The minimum absolute atomic E-state index is 0.105. The maximum absolute atomic E-state index is 12.9. The Kier molecular flexibility index (Phi) is 10.6. The quantitative estimate of drug-likeness (QED) is 0.617. The molecule has 1 aliphatic heterocycles. The topological polar surface area (TPSA) is 107 Å². The third kappa shape index (κ3) is 8.75. The summed E-state index contributed by atoms with van der Waals surface area (Å²) in [4.78, 5) is 23.3. The highest BCUT2D eigenvalue weighted by Gasteiger charge is 2.38. The van der Waals surface area contributed by atoms with Crippen molar-refractivity contribution in [1.82, 2.24) is 14.5 Å². The second kappa shape index (κ2) is 12.2. The van der Waals surface area contributed by atoms with E-state index in [9.17, 15) is 26.4 Å². The van der Waals surface area contributed by atoms with E-state index in [1.807, 2.05) is 12.1 Å². The van der Waals surface area contributed by atoms with Crippen molar-refractivity contribution in [3.05, 3.63) is 29.8 Å². The molecule has 0 aliphatic carbocycles. The molecule has 1 aromatic carbocycles. The molecule has 0 radical (unpaired) electrons. The molecule has 1 aromatic rings. The minimum atomic E-state index is -5.08. The Morgan fingerprint density at radius 1 is 1.16 bits per heavy atom. The van der Waals surface area contributed by atoms with Gasteiger partial charge in [-0.15, -0.1) is 0 Å². The number of nitrogens with one attached hydrogen (secondary N) is 1. The van der Waals surface area contributed by atoms with E-state index < -0.39 is 22.2 Å². The number of amides is 1. The molecule has 1 fully saturated rings. The van der Waals surface area contributed by atoms with Gasteiger partial charge >= 0.3 is 12.1 Å². The van der Waals surface area contributed by atoms with E-state index in [0.717, 1.165) is 25.1 Å². The largest absolute Gasteiger partial charge is 0.490 e. The first-order valence-electron chi connectivity index (χ1n) is 10.2. The number of alkyl halides is 3. The van der Waals surface area contributed by atoms with Crippen LogP contribution in [0.3, 0.4) is 0 Å². The van der Waals surface area contributed by atoms with Crippen LogP contribution in [0.1, 0.15) is 26.3 Å². The number of benzene rings is 1. The minimum Gasteiger partial charge on any atom is -0.475 e. The van der Waals surface area contributed by atoms with Gasteiger partial charge in [0.2, 0.25) is 15.9 Å². The van der Waals surface area contributed by atoms with Crippen LogP contribution in [0.4, 0.5) is 13.2 Å². The number of carboxylic acids is 1. The van der Waals surface area contributed by atoms with Crippen molar-refractivity contribution < 1.29 is 36.3 Å². The molecule has 0 bridgehead atoms. The Bertz CT molecular complexity index is 852. The summed E-state index contributed by atoms with van der Waals surface area (Å²) in [6.45, 7) is 8.94. The van der Waals surface area contributed by atoms with Crippen LogP contribution in [0, 0.1) is 5.92 Å². The second-order valence-corrected chi connectivity index (χ2v) is 9.54. The van der Waals surface area contributed by atoms with Crippen molar-refractivity contribution in [2.24, 2.45) is 5.92 Å². The van der Waals surface area contributed by atoms with Gasteiger partial charge in [-0.05, 0) is 30.0 Å². The fourth-order valence-corrected chi connectivity index (χ4v) is 4.35. The van der Waals surface area contributed by atoms with Gasteiger partial charge < -0.3 is 15.3 Å². The molecular formula is C20H30F3N3O5S. The van der Waals surface area contributed by atoms with Crippen LogP contribution in [0.2, 0.25) is 0 Å². The standard InChI is InChI=1S/C18H29N3O3S.C2HF3O2/c1-4-21(14-18(22)20-11-9-19-10-12-20)25(23,24)17-7-5-16(6-8-17)13-15(2)3;3-2(4,5)1(6)7/h5-8,15,19H,4,9-14H2,1-3H3;(H,6,7). The fraction of sp³-hybridized carbons (Fsp3) is 0.600. The van der Waals surface area contributed by atoms with Crippen LogP contribution >= 0.6 is 0 Å². The highest BCUT2D eigenvalue weighted by molar-refractivity contribution is 7.89. The fourth-order valence-electron chi connectivity index (χ4n) is 2.95. The van der Waals surface area contributed by atoms with Crippen LogP contribution in [-0.4, -0.2) is 80.1 Å². The predicted octanol–water partition coefficient (Wildman–Crippen LogP) is 1.96. The van der Waals surface area contributed by atoms with Crippen LogP contribution < -0.4 is 5.32 Å². The summed E-state index contributed by atoms with van der Waals surface area (Å²) in [5.41, 5.74) is 1.12. The highest BCUT2D eigenvalue weighted by Crippen LogP contribution is 2.18. The lowest BCUT2D eigenvalue weighted by atomic mass is 10.0. The predicted molar refractivity (Wildman–Crippen MR) is 113 cm³/mol. The number of likely N-dealkylation sites (N-methyl/N-ethyl adjacent to an activating group) is 1. The number of hydrogen-bond acceptors (Lipinski definition) is 5. The molecule has 2 rings (SSSR count). The van der Waals surface area contributed by atoms with Gasteiger partial charge in [-0.1, -0.05) is 32.9 Å². The number of halogens is 3. The smallest absolute Gasteiger partial charge is 0.475 e. The molecule has 8 nitrogen and oxygen atoms in total. The van der Waals surface area contributed by atoms with Crippen LogP contribution in [-0.2, 0) is 26.0 Å². The molecule has 2 N–H and O–H groups in total. The van der Waals surface area contributed by atoms with E-state index in [2.05, 4.69) is 19.2 Å². The van der Waals surface area contributed by atoms with Crippen molar-refractivity contribution in [3.8, 4) is 0 Å². The van der Waals surface area contributed by atoms with E-state index in [-0.39, 0.29) is 23.9 Å². The number of piperazine rings is 1. The zero-order chi connectivity index (χ0) is 24.5. The molecule has 0 aromatic heterocycles. The van der Waals surface area contributed by atoms with Gasteiger partial charge in [-0.25, -0.2) is 13.2 Å². The third-order valence-corrected chi connectivity index (χ3v) is 6.52. The van der Waals surface area contributed by atoms with E-state index in [1.165, 1.54) is 4.31 Å². The van der Waals surface area contributed by atoms with E-state index in [1.54, 1.807) is 24.0 Å². The van der Waals surface area contributed by atoms with Crippen molar-refractivity contribution in [3.63, 3.8) is 0 Å². The lowest BCUT2D eigenvalue weighted by Gasteiger charge is -2.29. The molecule has 1 saturated heterocycles. The molecule has 32 heavy (non-hydrogen) atoms. The number of hydrogen-bond donors (Lipinski definition) is 2. The number of carbonyl (C=O) groups excluding carboxylic acids is 1. The SMILES string of the molecule is CCN(CC(=O)N1CCNCC1)S(=O)(=O)c1ccc(CC(C)C)cc1.O=C(O)C(F)(F)F. The van der Waals surface area contributed by atoms with E-state index in [4.69, 9.17) is 9.90 Å². The van der Waals surface area contributed by atoms with Crippen molar-refractivity contribution in [2.45, 2.75) is 38.3 Å². The molecule has 0 unspecified atom stereocenters. The number of carbonyl (C=O) groups is 2. The number of aliphatic carboxylic acids is 1.